The summed E-state index contributed by atoms with van der Waals surface area (Å²) in [5.41, 5.74) is 5.65. The summed E-state index contributed by atoms with van der Waals surface area (Å²) in [4.78, 5) is 24.6. The maximum absolute atomic E-state index is 12.5. The van der Waals surface area contributed by atoms with E-state index in [4.69, 9.17) is 19.9 Å². The molecule has 1 aromatic rings. The van der Waals surface area contributed by atoms with E-state index in [9.17, 15) is 9.59 Å². The van der Waals surface area contributed by atoms with Crippen molar-refractivity contribution in [2.24, 2.45) is 0 Å². The summed E-state index contributed by atoms with van der Waals surface area (Å²) in [5, 5.41) is 2.61. The second kappa shape index (κ2) is 9.48. The van der Waals surface area contributed by atoms with Crippen molar-refractivity contribution in [3.8, 4) is 5.75 Å². The van der Waals surface area contributed by atoms with E-state index >= 15 is 0 Å². The van der Waals surface area contributed by atoms with Gasteiger partial charge < -0.3 is 25.3 Å². The fourth-order valence-corrected chi connectivity index (χ4v) is 2.81. The quantitative estimate of drug-likeness (QED) is 0.557. The number of amides is 1. The first kappa shape index (κ1) is 20.9. The van der Waals surface area contributed by atoms with E-state index < -0.39 is 23.7 Å². The molecule has 3 N–H and O–H groups in total. The molecule has 1 amide bonds. The van der Waals surface area contributed by atoms with Gasteiger partial charge in [0.15, 0.2) is 0 Å². The topological polar surface area (TPSA) is 99.9 Å². The Morgan fingerprint density at radius 1 is 1.19 bits per heavy atom. The molecule has 0 spiro atoms. The minimum absolute atomic E-state index is 0.0709. The standard InChI is InChI=1S/C20H30N2O5/c1-20(2,3)27-19(24)22-17(18(23)26-16-6-4-5-7-16)12-13-25-15-10-8-14(21)9-11-15/h8-11,16-17H,4-7,12-13,21H2,1-3H3,(H,22,24)/t17-/m0/s1. The Bertz CT molecular complexity index is 618. The molecular formula is C20H30N2O5. The lowest BCUT2D eigenvalue weighted by Crippen LogP contribution is -2.45. The highest BCUT2D eigenvalue weighted by molar-refractivity contribution is 5.81. The average molecular weight is 378 g/mol. The predicted octanol–water partition coefficient (Wildman–Crippen LogP) is 3.42. The van der Waals surface area contributed by atoms with Crippen LogP contribution in [0.25, 0.3) is 0 Å². The summed E-state index contributed by atoms with van der Waals surface area (Å²) in [7, 11) is 0. The summed E-state index contributed by atoms with van der Waals surface area (Å²) in [6.45, 7) is 5.54. The highest BCUT2D eigenvalue weighted by Gasteiger charge is 2.28. The number of nitrogen functional groups attached to an aromatic ring is 1. The Hall–Kier alpha value is -2.44. The normalized spacial score (nSPS) is 15.8. The smallest absolute Gasteiger partial charge is 0.408 e. The lowest BCUT2D eigenvalue weighted by molar-refractivity contribution is -0.151. The van der Waals surface area contributed by atoms with Gasteiger partial charge in [0.2, 0.25) is 0 Å². The van der Waals surface area contributed by atoms with Gasteiger partial charge in [-0.2, -0.15) is 0 Å². The number of esters is 1. The third-order valence-electron chi connectivity index (χ3n) is 4.12. The molecule has 1 aliphatic carbocycles. The van der Waals surface area contributed by atoms with Crippen LogP contribution in [0.1, 0.15) is 52.9 Å². The van der Waals surface area contributed by atoms with Crippen molar-refractivity contribution in [2.45, 2.75) is 70.6 Å². The first-order chi connectivity index (χ1) is 12.7. The molecule has 1 atom stereocenters. The Labute approximate surface area is 160 Å². The first-order valence-electron chi connectivity index (χ1n) is 9.41. The fraction of sp³-hybridized carbons (Fsp3) is 0.600. The summed E-state index contributed by atoms with van der Waals surface area (Å²) in [5.74, 6) is 0.193. The van der Waals surface area contributed by atoms with Crippen molar-refractivity contribution in [1.82, 2.24) is 5.32 Å². The van der Waals surface area contributed by atoms with Crippen molar-refractivity contribution in [3.05, 3.63) is 24.3 Å². The van der Waals surface area contributed by atoms with Gasteiger partial charge in [0, 0.05) is 12.1 Å². The number of carbonyl (C=O) groups is 2. The number of anilines is 1. The van der Waals surface area contributed by atoms with Crippen LogP contribution in [0.4, 0.5) is 10.5 Å². The zero-order valence-electron chi connectivity index (χ0n) is 16.3. The molecule has 0 aromatic heterocycles. The van der Waals surface area contributed by atoms with Crippen LogP contribution in [0, 0.1) is 0 Å². The van der Waals surface area contributed by atoms with E-state index in [2.05, 4.69) is 5.32 Å². The van der Waals surface area contributed by atoms with E-state index in [0.29, 0.717) is 11.4 Å². The highest BCUT2D eigenvalue weighted by Crippen LogP contribution is 2.22. The van der Waals surface area contributed by atoms with Crippen LogP contribution in [-0.2, 0) is 14.3 Å². The molecule has 150 valence electrons. The number of nitrogens with two attached hydrogens (primary N) is 1. The van der Waals surface area contributed by atoms with Gasteiger partial charge in [0.25, 0.3) is 0 Å². The van der Waals surface area contributed by atoms with Gasteiger partial charge in [-0.1, -0.05) is 0 Å². The maximum atomic E-state index is 12.5. The van der Waals surface area contributed by atoms with Crippen LogP contribution in [0.5, 0.6) is 5.75 Å². The third kappa shape index (κ3) is 7.76. The number of ether oxygens (including phenoxy) is 3. The van der Waals surface area contributed by atoms with E-state index in [0.717, 1.165) is 25.7 Å². The molecule has 0 unspecified atom stereocenters. The second-order valence-corrected chi connectivity index (χ2v) is 7.75. The molecule has 1 saturated carbocycles. The number of alkyl carbamates (subject to hydrolysis) is 1. The van der Waals surface area contributed by atoms with Gasteiger partial charge in [0.1, 0.15) is 23.5 Å². The van der Waals surface area contributed by atoms with E-state index in [-0.39, 0.29) is 19.1 Å². The predicted molar refractivity (Wildman–Crippen MR) is 102 cm³/mol. The molecule has 1 aromatic carbocycles. The van der Waals surface area contributed by atoms with Crippen molar-refractivity contribution >= 4 is 17.7 Å². The number of hydrogen-bond donors (Lipinski definition) is 2. The number of rotatable bonds is 7. The largest absolute Gasteiger partial charge is 0.493 e. The third-order valence-corrected chi connectivity index (χ3v) is 4.12. The lowest BCUT2D eigenvalue weighted by Gasteiger charge is -2.24. The minimum Gasteiger partial charge on any atom is -0.493 e. The summed E-state index contributed by atoms with van der Waals surface area (Å²) < 4.78 is 16.4. The zero-order chi connectivity index (χ0) is 19.9. The molecule has 0 radical (unpaired) electrons. The minimum atomic E-state index is -0.825. The van der Waals surface area contributed by atoms with Crippen LogP contribution in [0.3, 0.4) is 0 Å². The van der Waals surface area contributed by atoms with Crippen molar-refractivity contribution in [3.63, 3.8) is 0 Å². The molecule has 27 heavy (non-hydrogen) atoms. The highest BCUT2D eigenvalue weighted by atomic mass is 16.6. The Balaban J connectivity index is 1.91. The van der Waals surface area contributed by atoms with Gasteiger partial charge in [-0.05, 0) is 70.7 Å². The number of hydrogen-bond acceptors (Lipinski definition) is 6. The van der Waals surface area contributed by atoms with Crippen LogP contribution in [0.15, 0.2) is 24.3 Å². The van der Waals surface area contributed by atoms with E-state index in [1.165, 1.54) is 0 Å². The van der Waals surface area contributed by atoms with Gasteiger partial charge in [-0.15, -0.1) is 0 Å². The van der Waals surface area contributed by atoms with Crippen molar-refractivity contribution in [1.29, 1.82) is 0 Å². The van der Waals surface area contributed by atoms with Crippen LogP contribution in [0.2, 0.25) is 0 Å². The summed E-state index contributed by atoms with van der Waals surface area (Å²) >= 11 is 0. The van der Waals surface area contributed by atoms with Crippen LogP contribution in [-0.4, -0.2) is 36.4 Å². The van der Waals surface area contributed by atoms with Crippen LogP contribution < -0.4 is 15.8 Å². The maximum Gasteiger partial charge on any atom is 0.408 e. The average Bonchev–Trinajstić information content (AvgIpc) is 3.07. The van der Waals surface area contributed by atoms with Crippen LogP contribution >= 0.6 is 0 Å². The zero-order valence-corrected chi connectivity index (χ0v) is 16.3. The van der Waals surface area contributed by atoms with Gasteiger partial charge >= 0.3 is 12.1 Å². The molecule has 0 aliphatic heterocycles. The molecule has 0 heterocycles. The lowest BCUT2D eigenvalue weighted by atomic mass is 10.2. The first-order valence-corrected chi connectivity index (χ1v) is 9.41. The molecule has 0 bridgehead atoms. The van der Waals surface area contributed by atoms with Crippen molar-refractivity contribution < 1.29 is 23.8 Å². The molecule has 0 saturated heterocycles. The Morgan fingerprint density at radius 2 is 1.81 bits per heavy atom. The summed E-state index contributed by atoms with van der Waals surface area (Å²) in [6, 6.07) is 6.15. The van der Waals surface area contributed by atoms with Gasteiger partial charge in [0.05, 0.1) is 6.61 Å². The molecule has 7 nitrogen and oxygen atoms in total. The van der Waals surface area contributed by atoms with Gasteiger partial charge in [-0.3, -0.25) is 0 Å². The van der Waals surface area contributed by atoms with Crippen molar-refractivity contribution in [2.75, 3.05) is 12.3 Å². The molecule has 7 heteroatoms. The number of carbonyl (C=O) groups excluding carboxylic acids is 2. The monoisotopic (exact) mass is 378 g/mol. The Morgan fingerprint density at radius 3 is 2.41 bits per heavy atom. The van der Waals surface area contributed by atoms with Gasteiger partial charge in [-0.25, -0.2) is 9.59 Å². The molecule has 1 aliphatic rings. The second-order valence-electron chi connectivity index (χ2n) is 7.75. The summed E-state index contributed by atoms with van der Waals surface area (Å²) in [6.07, 6.45) is 3.40. The molecule has 2 rings (SSSR count). The fourth-order valence-electron chi connectivity index (χ4n) is 2.81. The van der Waals surface area contributed by atoms with E-state index in [1.807, 2.05) is 0 Å². The van der Waals surface area contributed by atoms with E-state index in [1.54, 1.807) is 45.0 Å². The number of benzene rings is 1. The molecule has 1 fully saturated rings. The Kier molecular flexibility index (Phi) is 7.33. The SMILES string of the molecule is CC(C)(C)OC(=O)N[C@@H](CCOc1ccc(N)cc1)C(=O)OC1CCCC1. The molecular weight excluding hydrogens is 348 g/mol. The number of nitrogens with one attached hydrogen (secondary N) is 1.